The molecule has 0 amide bonds. The number of benzene rings is 1. The number of fused-ring (bicyclic) bond motifs is 1. The Bertz CT molecular complexity index is 953. The van der Waals surface area contributed by atoms with E-state index in [2.05, 4.69) is 24.2 Å². The second kappa shape index (κ2) is 5.16. The van der Waals surface area contributed by atoms with E-state index >= 15 is 0 Å². The third-order valence-electron chi connectivity index (χ3n) is 7.41. The lowest BCUT2D eigenvalue weighted by Gasteiger charge is -2.37. The standard InChI is InChI=1S/C19H24N4O2S/c1-18(2)14-8-9-19(18)13-26(24,25)23(17(19)10-14)12-15-11-22(21-20-15)16-6-4-3-5-7-16/h3-7,11,14,17H,8-10,12-13H2,1-2H3/t14-,17-,19?/m1/s1. The predicted octanol–water partition coefficient (Wildman–Crippen LogP) is 2.61. The van der Waals surface area contributed by atoms with Crippen molar-refractivity contribution in [2.75, 3.05) is 5.75 Å². The second-order valence-electron chi connectivity index (χ2n) is 8.66. The lowest BCUT2D eigenvalue weighted by atomic mass is 9.69. The van der Waals surface area contributed by atoms with E-state index < -0.39 is 10.0 Å². The number of sulfonamides is 1. The predicted molar refractivity (Wildman–Crippen MR) is 98.0 cm³/mol. The van der Waals surface area contributed by atoms with Crippen molar-refractivity contribution in [1.82, 2.24) is 19.3 Å². The first-order chi connectivity index (χ1) is 12.3. The largest absolute Gasteiger partial charge is 0.220 e. The summed E-state index contributed by atoms with van der Waals surface area (Å²) in [6.07, 6.45) is 5.02. The van der Waals surface area contributed by atoms with Crippen molar-refractivity contribution in [3.8, 4) is 5.69 Å². The van der Waals surface area contributed by atoms with E-state index in [1.807, 2.05) is 36.5 Å². The van der Waals surface area contributed by atoms with Crippen molar-refractivity contribution in [2.45, 2.75) is 45.7 Å². The van der Waals surface area contributed by atoms with E-state index in [0.29, 0.717) is 23.9 Å². The summed E-state index contributed by atoms with van der Waals surface area (Å²) in [4.78, 5) is 0. The molecule has 2 bridgehead atoms. The molecule has 2 saturated carbocycles. The van der Waals surface area contributed by atoms with Crippen molar-refractivity contribution in [3.05, 3.63) is 42.2 Å². The zero-order chi connectivity index (χ0) is 18.2. The summed E-state index contributed by atoms with van der Waals surface area (Å²) < 4.78 is 29.4. The average Bonchev–Trinajstić information content (AvgIpc) is 3.28. The quantitative estimate of drug-likeness (QED) is 0.831. The molecular formula is C19H24N4O2S. The van der Waals surface area contributed by atoms with Crippen LogP contribution in [0.25, 0.3) is 5.69 Å². The van der Waals surface area contributed by atoms with Crippen LogP contribution in [-0.2, 0) is 16.6 Å². The molecule has 1 spiro atoms. The van der Waals surface area contributed by atoms with Crippen molar-refractivity contribution >= 4 is 10.0 Å². The van der Waals surface area contributed by atoms with Crippen LogP contribution in [0.1, 0.15) is 38.8 Å². The maximum Gasteiger partial charge on any atom is 0.215 e. The van der Waals surface area contributed by atoms with Crippen LogP contribution in [0.4, 0.5) is 0 Å². The molecule has 5 rings (SSSR count). The third kappa shape index (κ3) is 2.04. The second-order valence-corrected chi connectivity index (χ2v) is 10.6. The normalized spacial score (nSPS) is 34.2. The molecule has 1 aromatic heterocycles. The molecule has 26 heavy (non-hydrogen) atoms. The molecule has 1 unspecified atom stereocenters. The highest BCUT2D eigenvalue weighted by Gasteiger charge is 2.71. The Morgan fingerprint density at radius 1 is 1.23 bits per heavy atom. The molecule has 3 aliphatic rings. The average molecular weight is 372 g/mol. The Morgan fingerprint density at radius 2 is 2.00 bits per heavy atom. The minimum absolute atomic E-state index is 0.0913. The van der Waals surface area contributed by atoms with Gasteiger partial charge in [0, 0.05) is 11.5 Å². The first kappa shape index (κ1) is 16.4. The molecule has 1 aromatic carbocycles. The summed E-state index contributed by atoms with van der Waals surface area (Å²) in [5, 5.41) is 8.42. The highest BCUT2D eigenvalue weighted by molar-refractivity contribution is 7.89. The topological polar surface area (TPSA) is 68.1 Å². The summed E-state index contributed by atoms with van der Waals surface area (Å²) in [5.74, 6) is 0.923. The van der Waals surface area contributed by atoms with Crippen molar-refractivity contribution in [2.24, 2.45) is 16.7 Å². The van der Waals surface area contributed by atoms with E-state index in [0.717, 1.165) is 24.9 Å². The van der Waals surface area contributed by atoms with Crippen molar-refractivity contribution in [1.29, 1.82) is 0 Å². The molecule has 0 radical (unpaired) electrons. The van der Waals surface area contributed by atoms with E-state index in [9.17, 15) is 8.42 Å². The van der Waals surface area contributed by atoms with Crippen LogP contribution in [0.15, 0.2) is 36.5 Å². The van der Waals surface area contributed by atoms with Gasteiger partial charge in [-0.05, 0) is 42.7 Å². The van der Waals surface area contributed by atoms with Crippen LogP contribution in [-0.4, -0.2) is 39.5 Å². The lowest BCUT2D eigenvalue weighted by Crippen LogP contribution is -2.41. The molecular weight excluding hydrogens is 348 g/mol. The summed E-state index contributed by atoms with van der Waals surface area (Å²) >= 11 is 0. The zero-order valence-electron chi connectivity index (χ0n) is 15.2. The molecule has 1 saturated heterocycles. The molecule has 7 heteroatoms. The minimum atomic E-state index is -3.26. The van der Waals surface area contributed by atoms with Crippen LogP contribution in [0.5, 0.6) is 0 Å². The third-order valence-corrected chi connectivity index (χ3v) is 9.39. The molecule has 138 valence electrons. The van der Waals surface area contributed by atoms with Gasteiger partial charge in [0.1, 0.15) is 0 Å². The summed E-state index contributed by atoms with van der Waals surface area (Å²) in [5.41, 5.74) is 1.63. The van der Waals surface area contributed by atoms with Gasteiger partial charge in [0.25, 0.3) is 0 Å². The number of hydrogen-bond acceptors (Lipinski definition) is 4. The minimum Gasteiger partial charge on any atom is -0.220 e. The summed E-state index contributed by atoms with van der Waals surface area (Å²) in [6, 6.07) is 9.87. The van der Waals surface area contributed by atoms with E-state index in [1.54, 1.807) is 8.99 Å². The van der Waals surface area contributed by atoms with E-state index in [4.69, 9.17) is 0 Å². The van der Waals surface area contributed by atoms with Gasteiger partial charge in [0.15, 0.2) is 0 Å². The van der Waals surface area contributed by atoms with Gasteiger partial charge in [-0.1, -0.05) is 37.3 Å². The summed E-state index contributed by atoms with van der Waals surface area (Å²) in [7, 11) is -3.26. The Balaban J connectivity index is 1.46. The van der Waals surface area contributed by atoms with Crippen molar-refractivity contribution < 1.29 is 8.42 Å². The maximum absolute atomic E-state index is 13.0. The Morgan fingerprint density at radius 3 is 2.73 bits per heavy atom. The smallest absolute Gasteiger partial charge is 0.215 e. The van der Waals surface area contributed by atoms with Gasteiger partial charge in [0.05, 0.1) is 29.9 Å². The van der Waals surface area contributed by atoms with Crippen LogP contribution < -0.4 is 0 Å². The molecule has 6 nitrogen and oxygen atoms in total. The molecule has 0 N–H and O–H groups in total. The first-order valence-corrected chi connectivity index (χ1v) is 10.9. The van der Waals surface area contributed by atoms with E-state index in [1.165, 1.54) is 0 Å². The van der Waals surface area contributed by atoms with Gasteiger partial charge >= 0.3 is 0 Å². The number of rotatable bonds is 3. The molecule has 2 aromatic rings. The lowest BCUT2D eigenvalue weighted by molar-refractivity contribution is 0.111. The van der Waals surface area contributed by atoms with Gasteiger partial charge in [-0.2, -0.15) is 4.31 Å². The fourth-order valence-electron chi connectivity index (χ4n) is 5.82. The molecule has 2 heterocycles. The number of aromatic nitrogens is 3. The van der Waals surface area contributed by atoms with Crippen LogP contribution in [0, 0.1) is 16.7 Å². The maximum atomic E-state index is 13.0. The zero-order valence-corrected chi connectivity index (χ0v) is 16.0. The van der Waals surface area contributed by atoms with Crippen LogP contribution >= 0.6 is 0 Å². The van der Waals surface area contributed by atoms with Crippen LogP contribution in [0.2, 0.25) is 0 Å². The Labute approximate surface area is 154 Å². The highest BCUT2D eigenvalue weighted by atomic mass is 32.2. The Kier molecular flexibility index (Phi) is 3.27. The van der Waals surface area contributed by atoms with E-state index in [-0.39, 0.29) is 16.9 Å². The van der Waals surface area contributed by atoms with Gasteiger partial charge in [-0.3, -0.25) is 0 Å². The number of nitrogens with zero attached hydrogens (tertiary/aromatic N) is 4. The number of para-hydroxylation sites is 1. The van der Waals surface area contributed by atoms with Gasteiger partial charge in [0.2, 0.25) is 10.0 Å². The van der Waals surface area contributed by atoms with Crippen LogP contribution in [0.3, 0.4) is 0 Å². The molecule has 2 aliphatic carbocycles. The molecule has 3 atom stereocenters. The fourth-order valence-corrected chi connectivity index (χ4v) is 8.35. The summed E-state index contributed by atoms with van der Waals surface area (Å²) in [6.45, 7) is 4.87. The number of hydrogen-bond donors (Lipinski definition) is 0. The van der Waals surface area contributed by atoms with Gasteiger partial charge in [-0.15, -0.1) is 5.10 Å². The monoisotopic (exact) mass is 372 g/mol. The fraction of sp³-hybridized carbons (Fsp3) is 0.579. The first-order valence-electron chi connectivity index (χ1n) is 9.30. The Hall–Kier alpha value is -1.73. The van der Waals surface area contributed by atoms with Gasteiger partial charge in [-0.25, -0.2) is 13.1 Å². The molecule has 3 fully saturated rings. The SMILES string of the molecule is CC1(C)[C@@H]2CCC13CS(=O)(=O)N(Cc1cn(-c4ccccc4)nn1)[C@@H]3C2. The van der Waals surface area contributed by atoms with Gasteiger partial charge < -0.3 is 0 Å². The van der Waals surface area contributed by atoms with Crippen molar-refractivity contribution in [3.63, 3.8) is 0 Å². The molecule has 1 aliphatic heterocycles. The highest BCUT2D eigenvalue weighted by Crippen LogP contribution is 2.70.